The molecule has 5 aromatic rings. The summed E-state index contributed by atoms with van der Waals surface area (Å²) >= 11 is 0. The van der Waals surface area contributed by atoms with Gasteiger partial charge in [0, 0.05) is 53.5 Å². The molecule has 0 unspecified atom stereocenters. The van der Waals surface area contributed by atoms with Gasteiger partial charge in [-0.2, -0.15) is 4.98 Å². The summed E-state index contributed by atoms with van der Waals surface area (Å²) < 4.78 is 5.63. The van der Waals surface area contributed by atoms with Crippen LogP contribution in [0.2, 0.25) is 0 Å². The largest absolute Gasteiger partial charge is 0.494 e. The Labute approximate surface area is 186 Å². The molecule has 3 aromatic heterocycles. The van der Waals surface area contributed by atoms with Gasteiger partial charge in [-0.15, -0.1) is 0 Å². The summed E-state index contributed by atoms with van der Waals surface area (Å²) in [5.74, 6) is 1.93. The van der Waals surface area contributed by atoms with Crippen molar-refractivity contribution in [3.63, 3.8) is 0 Å². The zero-order valence-electron chi connectivity index (χ0n) is 18.0. The number of aromatic amines is 2. The number of hydrogen-bond acceptors (Lipinski definition) is 5. The molecule has 0 amide bonds. The first kappa shape index (κ1) is 19.9. The van der Waals surface area contributed by atoms with E-state index in [1.54, 1.807) is 0 Å². The molecule has 0 bridgehead atoms. The van der Waals surface area contributed by atoms with Crippen LogP contribution in [0.3, 0.4) is 0 Å². The van der Waals surface area contributed by atoms with Crippen molar-refractivity contribution in [2.24, 2.45) is 0 Å². The molecular weight excluding hydrogens is 400 g/mol. The average Bonchev–Trinajstić information content (AvgIpc) is 3.42. The highest BCUT2D eigenvalue weighted by Gasteiger charge is 2.08. The van der Waals surface area contributed by atoms with E-state index in [-0.39, 0.29) is 0 Å². The van der Waals surface area contributed by atoms with Gasteiger partial charge in [0.25, 0.3) is 0 Å². The van der Waals surface area contributed by atoms with E-state index in [9.17, 15) is 0 Å². The standard InChI is InChI=1S/C25H26N6O/c1-2-32-20-4-6-23-21(13-20)18(14-29-23)8-10-28-25-30-15-19(24(26)31-25)12-16-3-5-22-17(11-16)7-9-27-22/h3-7,9,11,13-15,27,29H,2,8,10,12H2,1H3,(H3,26,28,30,31). The smallest absolute Gasteiger partial charge is 0.224 e. The second-order valence-corrected chi connectivity index (χ2v) is 7.81. The number of ether oxygens (including phenoxy) is 1. The fraction of sp³-hybridized carbons (Fsp3) is 0.200. The van der Waals surface area contributed by atoms with Crippen LogP contribution in [-0.2, 0) is 12.8 Å². The Morgan fingerprint density at radius 1 is 1.03 bits per heavy atom. The fourth-order valence-corrected chi connectivity index (χ4v) is 4.00. The van der Waals surface area contributed by atoms with Gasteiger partial charge in [0.15, 0.2) is 0 Å². The van der Waals surface area contributed by atoms with Crippen molar-refractivity contribution in [2.45, 2.75) is 19.8 Å². The van der Waals surface area contributed by atoms with Crippen molar-refractivity contribution in [2.75, 3.05) is 24.2 Å². The number of nitrogen functional groups attached to an aromatic ring is 1. The molecular formula is C25H26N6O. The molecule has 7 nitrogen and oxygen atoms in total. The summed E-state index contributed by atoms with van der Waals surface area (Å²) in [5, 5.41) is 5.65. The van der Waals surface area contributed by atoms with Crippen molar-refractivity contribution in [3.05, 3.63) is 77.7 Å². The van der Waals surface area contributed by atoms with Crippen molar-refractivity contribution in [3.8, 4) is 5.75 Å². The maximum atomic E-state index is 6.23. The minimum absolute atomic E-state index is 0.505. The number of anilines is 2. The molecule has 0 aliphatic rings. The zero-order valence-corrected chi connectivity index (χ0v) is 18.0. The van der Waals surface area contributed by atoms with Gasteiger partial charge in [0.05, 0.1) is 6.61 Å². The Morgan fingerprint density at radius 2 is 1.94 bits per heavy atom. The van der Waals surface area contributed by atoms with Crippen LogP contribution in [0.4, 0.5) is 11.8 Å². The number of nitrogens with one attached hydrogen (secondary N) is 3. The first-order valence-corrected chi connectivity index (χ1v) is 10.8. The van der Waals surface area contributed by atoms with E-state index in [2.05, 4.69) is 55.6 Å². The predicted molar refractivity (Wildman–Crippen MR) is 129 cm³/mol. The highest BCUT2D eigenvalue weighted by atomic mass is 16.5. The summed E-state index contributed by atoms with van der Waals surface area (Å²) in [4.78, 5) is 15.5. The quantitative estimate of drug-likeness (QED) is 0.289. The predicted octanol–water partition coefficient (Wildman–Crippen LogP) is 4.67. The topological polar surface area (TPSA) is 105 Å². The Hall–Kier alpha value is -4.00. The van der Waals surface area contributed by atoms with E-state index >= 15 is 0 Å². The SMILES string of the molecule is CCOc1ccc2[nH]cc(CCNc3ncc(Cc4ccc5[nH]ccc5c4)c(N)n3)c2c1. The van der Waals surface area contributed by atoms with Crippen LogP contribution in [0.5, 0.6) is 5.75 Å². The molecule has 5 rings (SSSR count). The van der Waals surface area contributed by atoms with Gasteiger partial charge < -0.3 is 25.8 Å². The van der Waals surface area contributed by atoms with Crippen molar-refractivity contribution >= 4 is 33.6 Å². The Bertz CT molecular complexity index is 1370. The minimum Gasteiger partial charge on any atom is -0.494 e. The monoisotopic (exact) mass is 426 g/mol. The number of benzene rings is 2. The number of nitrogens with zero attached hydrogens (tertiary/aromatic N) is 2. The molecule has 2 aromatic carbocycles. The molecule has 162 valence electrons. The minimum atomic E-state index is 0.505. The lowest BCUT2D eigenvalue weighted by Crippen LogP contribution is -2.10. The molecule has 32 heavy (non-hydrogen) atoms. The lowest BCUT2D eigenvalue weighted by atomic mass is 10.1. The highest BCUT2D eigenvalue weighted by Crippen LogP contribution is 2.24. The molecule has 0 saturated heterocycles. The summed E-state index contributed by atoms with van der Waals surface area (Å²) in [7, 11) is 0. The third-order valence-corrected chi connectivity index (χ3v) is 5.64. The van der Waals surface area contributed by atoms with Gasteiger partial charge in [-0.05, 0) is 66.3 Å². The van der Waals surface area contributed by atoms with Gasteiger partial charge in [0.2, 0.25) is 5.95 Å². The number of nitrogens with two attached hydrogens (primary N) is 1. The van der Waals surface area contributed by atoms with E-state index in [0.717, 1.165) is 28.8 Å². The number of rotatable bonds is 8. The molecule has 0 spiro atoms. The van der Waals surface area contributed by atoms with E-state index in [4.69, 9.17) is 10.5 Å². The van der Waals surface area contributed by atoms with Crippen LogP contribution < -0.4 is 15.8 Å². The summed E-state index contributed by atoms with van der Waals surface area (Å²) in [6.45, 7) is 3.35. The molecule has 0 fully saturated rings. The maximum Gasteiger partial charge on any atom is 0.224 e. The van der Waals surface area contributed by atoms with Gasteiger partial charge >= 0.3 is 0 Å². The third kappa shape index (κ3) is 4.09. The average molecular weight is 427 g/mol. The van der Waals surface area contributed by atoms with Gasteiger partial charge in [-0.3, -0.25) is 0 Å². The van der Waals surface area contributed by atoms with Crippen molar-refractivity contribution in [1.82, 2.24) is 19.9 Å². The highest BCUT2D eigenvalue weighted by molar-refractivity contribution is 5.84. The van der Waals surface area contributed by atoms with Crippen LogP contribution in [0.25, 0.3) is 21.8 Å². The summed E-state index contributed by atoms with van der Waals surface area (Å²) in [5.41, 5.74) is 11.8. The van der Waals surface area contributed by atoms with Gasteiger partial charge in [-0.25, -0.2) is 4.98 Å². The number of hydrogen-bond donors (Lipinski definition) is 4. The Morgan fingerprint density at radius 3 is 2.81 bits per heavy atom. The Kier molecular flexibility index (Phi) is 5.37. The molecule has 0 aliphatic carbocycles. The van der Waals surface area contributed by atoms with Gasteiger partial charge in [0.1, 0.15) is 11.6 Å². The van der Waals surface area contributed by atoms with Crippen LogP contribution in [-0.4, -0.2) is 33.1 Å². The van der Waals surface area contributed by atoms with Crippen LogP contribution in [0, 0.1) is 0 Å². The lowest BCUT2D eigenvalue weighted by molar-refractivity contribution is 0.340. The van der Waals surface area contributed by atoms with E-state index in [1.807, 2.05) is 37.6 Å². The molecule has 0 aliphatic heterocycles. The normalized spacial score (nSPS) is 11.3. The van der Waals surface area contributed by atoms with Crippen LogP contribution in [0.15, 0.2) is 61.1 Å². The van der Waals surface area contributed by atoms with Crippen LogP contribution in [0.1, 0.15) is 23.6 Å². The summed E-state index contributed by atoms with van der Waals surface area (Å²) in [6, 6.07) is 14.5. The van der Waals surface area contributed by atoms with Gasteiger partial charge in [-0.1, -0.05) is 6.07 Å². The van der Waals surface area contributed by atoms with Crippen LogP contribution >= 0.6 is 0 Å². The van der Waals surface area contributed by atoms with Crippen molar-refractivity contribution < 1.29 is 4.74 Å². The molecule has 0 saturated carbocycles. The number of H-pyrrole nitrogens is 2. The van der Waals surface area contributed by atoms with E-state index in [0.29, 0.717) is 31.3 Å². The Balaban J connectivity index is 1.23. The zero-order chi connectivity index (χ0) is 21.9. The second kappa shape index (κ2) is 8.63. The summed E-state index contributed by atoms with van der Waals surface area (Å²) in [6.07, 6.45) is 7.33. The molecule has 0 radical (unpaired) electrons. The number of fused-ring (bicyclic) bond motifs is 2. The fourth-order valence-electron chi connectivity index (χ4n) is 4.00. The van der Waals surface area contributed by atoms with E-state index in [1.165, 1.54) is 21.9 Å². The first-order chi connectivity index (χ1) is 15.7. The first-order valence-electron chi connectivity index (χ1n) is 10.8. The molecule has 3 heterocycles. The molecule has 5 N–H and O–H groups in total. The number of aromatic nitrogens is 4. The van der Waals surface area contributed by atoms with Crippen molar-refractivity contribution in [1.29, 1.82) is 0 Å². The third-order valence-electron chi connectivity index (χ3n) is 5.64. The molecule has 7 heteroatoms. The van der Waals surface area contributed by atoms with E-state index < -0.39 is 0 Å². The maximum absolute atomic E-state index is 6.23. The second-order valence-electron chi connectivity index (χ2n) is 7.81. The lowest BCUT2D eigenvalue weighted by Gasteiger charge is -2.09. The molecule has 0 atom stereocenters.